The Labute approximate surface area is 165 Å². The van der Waals surface area contributed by atoms with Crippen molar-refractivity contribution < 1.29 is 17.9 Å². The molecule has 138 valence electrons. The molecule has 0 amide bonds. The van der Waals surface area contributed by atoms with Crippen molar-refractivity contribution in [3.05, 3.63) is 45.3 Å². The Morgan fingerprint density at radius 1 is 1.19 bits per heavy atom. The fourth-order valence-electron chi connectivity index (χ4n) is 3.46. The molecular formula is C17H15Cl2NO4S2. The number of nitrogens with zero attached hydrogens (tertiary/aromatic N) is 1. The predicted molar refractivity (Wildman–Crippen MR) is 101 cm³/mol. The molecule has 9 heteroatoms. The van der Waals surface area contributed by atoms with Gasteiger partial charge in [-0.15, -0.1) is 11.3 Å². The molecule has 0 N–H and O–H groups in total. The Hall–Kier alpha value is -1.12. The number of Topliss-reactive ketones (excluding diaryl/α,β-unsaturated/α-hetero) is 1. The van der Waals surface area contributed by atoms with E-state index in [1.165, 1.54) is 15.6 Å². The molecule has 3 heterocycles. The second-order valence-corrected chi connectivity index (χ2v) is 10.4. The molecule has 0 atom stereocenters. The summed E-state index contributed by atoms with van der Waals surface area (Å²) in [6.45, 7) is 0.599. The van der Waals surface area contributed by atoms with Gasteiger partial charge in [-0.2, -0.15) is 4.31 Å². The molecule has 26 heavy (non-hydrogen) atoms. The molecule has 0 saturated carbocycles. The summed E-state index contributed by atoms with van der Waals surface area (Å²) >= 11 is 13.4. The van der Waals surface area contributed by atoms with Crippen LogP contribution in [0.1, 0.15) is 29.6 Å². The third-order valence-electron chi connectivity index (χ3n) is 4.83. The number of piperidine rings is 1. The summed E-state index contributed by atoms with van der Waals surface area (Å²) in [6.07, 6.45) is 1.06. The zero-order chi connectivity index (χ0) is 18.5. The lowest BCUT2D eigenvalue weighted by molar-refractivity contribution is 0.00601. The van der Waals surface area contributed by atoms with Gasteiger partial charge in [0.2, 0.25) is 0 Å². The van der Waals surface area contributed by atoms with E-state index in [9.17, 15) is 13.2 Å². The third kappa shape index (κ3) is 3.05. The van der Waals surface area contributed by atoms with Crippen LogP contribution in [0.25, 0.3) is 0 Å². The predicted octanol–water partition coefficient (Wildman–Crippen LogP) is 4.24. The second kappa shape index (κ2) is 6.49. The van der Waals surface area contributed by atoms with Crippen LogP contribution >= 0.6 is 34.5 Å². The Kier molecular flexibility index (Phi) is 4.56. The number of halogens is 2. The number of thiophene rings is 1. The van der Waals surface area contributed by atoms with Gasteiger partial charge in [-0.1, -0.05) is 29.3 Å². The fourth-order valence-corrected chi connectivity index (χ4v) is 6.58. The molecule has 4 rings (SSSR count). The maximum absolute atomic E-state index is 12.7. The molecule has 1 aromatic heterocycles. The van der Waals surface area contributed by atoms with Crippen molar-refractivity contribution in [1.29, 1.82) is 0 Å². The minimum Gasteiger partial charge on any atom is -0.484 e. The first-order valence-corrected chi connectivity index (χ1v) is 11.1. The van der Waals surface area contributed by atoms with Gasteiger partial charge in [0, 0.05) is 31.0 Å². The van der Waals surface area contributed by atoms with Crippen molar-refractivity contribution in [2.75, 3.05) is 13.1 Å². The van der Waals surface area contributed by atoms with Gasteiger partial charge in [0.15, 0.2) is 5.78 Å². The summed E-state index contributed by atoms with van der Waals surface area (Å²) in [5.41, 5.74) is -0.329. The summed E-state index contributed by atoms with van der Waals surface area (Å²) in [7, 11) is -3.49. The van der Waals surface area contributed by atoms with Crippen LogP contribution < -0.4 is 4.74 Å². The summed E-state index contributed by atoms with van der Waals surface area (Å²) in [6, 6.07) is 6.43. The van der Waals surface area contributed by atoms with Gasteiger partial charge >= 0.3 is 0 Å². The van der Waals surface area contributed by atoms with Crippen LogP contribution in [0, 0.1) is 0 Å². The number of fused-ring (bicyclic) bond motifs is 1. The molecule has 2 aliphatic rings. The number of benzene rings is 1. The van der Waals surface area contributed by atoms with E-state index in [1.807, 2.05) is 0 Å². The maximum Gasteiger partial charge on any atom is 0.252 e. The number of hydrogen-bond acceptors (Lipinski definition) is 5. The van der Waals surface area contributed by atoms with Crippen LogP contribution in [0.5, 0.6) is 5.75 Å². The quantitative estimate of drug-likeness (QED) is 0.712. The summed E-state index contributed by atoms with van der Waals surface area (Å²) in [4.78, 5) is 12.6. The number of hydrogen-bond donors (Lipinski definition) is 0. The summed E-state index contributed by atoms with van der Waals surface area (Å²) in [5, 5.41) is 2.43. The van der Waals surface area contributed by atoms with Crippen LogP contribution in [0.2, 0.25) is 10.0 Å². The Morgan fingerprint density at radius 3 is 2.58 bits per heavy atom. The van der Waals surface area contributed by atoms with Crippen molar-refractivity contribution in [2.45, 2.75) is 29.1 Å². The van der Waals surface area contributed by atoms with E-state index >= 15 is 0 Å². The van der Waals surface area contributed by atoms with Crippen molar-refractivity contribution >= 4 is 50.3 Å². The molecule has 0 unspecified atom stereocenters. The Bertz CT molecular complexity index is 965. The van der Waals surface area contributed by atoms with Gasteiger partial charge in [0.25, 0.3) is 10.0 Å². The maximum atomic E-state index is 12.7. The van der Waals surface area contributed by atoms with Crippen molar-refractivity contribution in [3.8, 4) is 5.75 Å². The number of ether oxygens (including phenoxy) is 1. The molecule has 2 aliphatic heterocycles. The van der Waals surface area contributed by atoms with Crippen LogP contribution in [-0.2, 0) is 10.0 Å². The number of rotatable bonds is 2. The standard InChI is InChI=1S/C17H15Cl2NO4S2/c18-11-8-12-14(21)10-17(24-16(12)13(19)9-11)3-5-20(6-4-17)26(22,23)15-2-1-7-25-15/h1-2,7-9H,3-6,10H2. The van der Waals surface area contributed by atoms with Gasteiger partial charge in [-0.3, -0.25) is 4.79 Å². The monoisotopic (exact) mass is 431 g/mol. The summed E-state index contributed by atoms with van der Waals surface area (Å²) in [5.74, 6) is 0.270. The zero-order valence-electron chi connectivity index (χ0n) is 13.6. The van der Waals surface area contributed by atoms with E-state index in [2.05, 4.69) is 0 Å². The van der Waals surface area contributed by atoms with E-state index in [1.54, 1.807) is 29.6 Å². The van der Waals surface area contributed by atoms with E-state index in [-0.39, 0.29) is 12.2 Å². The minimum absolute atomic E-state index is 0.0785. The van der Waals surface area contributed by atoms with E-state index in [4.69, 9.17) is 27.9 Å². The summed E-state index contributed by atoms with van der Waals surface area (Å²) < 4.78 is 33.3. The van der Waals surface area contributed by atoms with Crippen LogP contribution in [-0.4, -0.2) is 37.2 Å². The largest absolute Gasteiger partial charge is 0.484 e. The lowest BCUT2D eigenvalue weighted by atomic mass is 9.83. The number of carbonyl (C=O) groups excluding carboxylic acids is 1. The number of sulfonamides is 1. The molecule has 1 saturated heterocycles. The van der Waals surface area contributed by atoms with Crippen molar-refractivity contribution in [1.82, 2.24) is 4.31 Å². The van der Waals surface area contributed by atoms with Crippen LogP contribution in [0.4, 0.5) is 0 Å². The van der Waals surface area contributed by atoms with E-state index in [0.29, 0.717) is 51.5 Å². The highest BCUT2D eigenvalue weighted by Gasteiger charge is 2.45. The second-order valence-electron chi connectivity index (χ2n) is 6.49. The topological polar surface area (TPSA) is 63.7 Å². The number of ketones is 1. The molecule has 1 aromatic carbocycles. The molecule has 1 fully saturated rings. The molecular weight excluding hydrogens is 417 g/mol. The highest BCUT2D eigenvalue weighted by atomic mass is 35.5. The average Bonchev–Trinajstić information content (AvgIpc) is 3.12. The third-order valence-corrected chi connectivity index (χ3v) is 8.60. The average molecular weight is 432 g/mol. The van der Waals surface area contributed by atoms with Gasteiger partial charge in [0.05, 0.1) is 17.0 Å². The van der Waals surface area contributed by atoms with Crippen molar-refractivity contribution in [3.63, 3.8) is 0 Å². The molecule has 0 bridgehead atoms. The molecule has 0 radical (unpaired) electrons. The molecule has 1 spiro atoms. The highest BCUT2D eigenvalue weighted by Crippen LogP contribution is 2.44. The lowest BCUT2D eigenvalue weighted by Crippen LogP contribution is -2.52. The zero-order valence-corrected chi connectivity index (χ0v) is 16.7. The first kappa shape index (κ1) is 18.3. The molecule has 5 nitrogen and oxygen atoms in total. The Balaban J connectivity index is 1.57. The molecule has 0 aliphatic carbocycles. The van der Waals surface area contributed by atoms with E-state index in [0.717, 1.165) is 0 Å². The first-order valence-electron chi connectivity index (χ1n) is 8.06. The van der Waals surface area contributed by atoms with Gasteiger partial charge in [-0.05, 0) is 23.6 Å². The van der Waals surface area contributed by atoms with Crippen LogP contribution in [0.15, 0.2) is 33.9 Å². The Morgan fingerprint density at radius 2 is 1.92 bits per heavy atom. The SMILES string of the molecule is O=C1CC2(CCN(S(=O)(=O)c3cccs3)CC2)Oc2c(Cl)cc(Cl)cc21. The highest BCUT2D eigenvalue weighted by molar-refractivity contribution is 7.91. The van der Waals surface area contributed by atoms with Crippen molar-refractivity contribution in [2.24, 2.45) is 0 Å². The number of carbonyl (C=O) groups is 1. The minimum atomic E-state index is -3.49. The van der Waals surface area contributed by atoms with Crippen LogP contribution in [0.3, 0.4) is 0 Å². The van der Waals surface area contributed by atoms with Gasteiger partial charge in [0.1, 0.15) is 15.6 Å². The normalized spacial score (nSPS) is 20.0. The van der Waals surface area contributed by atoms with E-state index < -0.39 is 15.6 Å². The smallest absolute Gasteiger partial charge is 0.252 e. The lowest BCUT2D eigenvalue weighted by Gasteiger charge is -2.43. The molecule has 2 aromatic rings. The van der Waals surface area contributed by atoms with Gasteiger partial charge < -0.3 is 4.74 Å². The fraction of sp³-hybridized carbons (Fsp3) is 0.353. The first-order chi connectivity index (χ1) is 12.3. The van der Waals surface area contributed by atoms with Gasteiger partial charge in [-0.25, -0.2) is 8.42 Å².